The van der Waals surface area contributed by atoms with E-state index >= 15 is 0 Å². The number of nitrogens with one attached hydrogen (secondary N) is 1. The van der Waals surface area contributed by atoms with Gasteiger partial charge in [0.2, 0.25) is 17.7 Å². The molecule has 0 aliphatic heterocycles. The van der Waals surface area contributed by atoms with Crippen molar-refractivity contribution < 1.29 is 27.1 Å². The van der Waals surface area contributed by atoms with E-state index in [4.69, 9.17) is 16.0 Å². The maximum absolute atomic E-state index is 12.8. The molecule has 2 aromatic heterocycles. The van der Waals surface area contributed by atoms with Crippen molar-refractivity contribution in [3.63, 3.8) is 0 Å². The maximum Gasteiger partial charge on any atom is 0.522 e. The van der Waals surface area contributed by atoms with E-state index in [0.717, 1.165) is 10.9 Å². The molecule has 2 fully saturated rings. The summed E-state index contributed by atoms with van der Waals surface area (Å²) in [5.41, 5.74) is 0.751. The summed E-state index contributed by atoms with van der Waals surface area (Å²) in [6.45, 7) is 0. The first kappa shape index (κ1) is 23.0. The molecule has 180 valence electrons. The number of halogens is 4. The fourth-order valence-corrected chi connectivity index (χ4v) is 4.81. The minimum absolute atomic E-state index is 0.0381. The van der Waals surface area contributed by atoms with E-state index in [0.29, 0.717) is 48.3 Å². The molecule has 11 heteroatoms. The lowest BCUT2D eigenvalue weighted by atomic mass is 9.81. The molecule has 2 aliphatic carbocycles. The predicted octanol–water partition coefficient (Wildman–Crippen LogP) is 5.97. The van der Waals surface area contributed by atoms with Gasteiger partial charge >= 0.3 is 6.36 Å². The number of carbonyl (C=O) groups is 1. The van der Waals surface area contributed by atoms with Crippen LogP contribution in [-0.4, -0.2) is 33.6 Å². The van der Waals surface area contributed by atoms with E-state index in [9.17, 15) is 18.0 Å². The van der Waals surface area contributed by atoms with Gasteiger partial charge in [0.05, 0.1) is 11.6 Å². The standard InChI is InChI=1S/C23H22ClF3N4O3/c24-16-6-7-18-14(9-16)5-8-19(28-18)29-20(32)12-1-3-13(4-2-12)21-30-31-22(33-21)15-10-17(11-15)34-23(25,26)27/h5-9,12-13,15,17H,1-4,10-11H2,(H,28,29,32)/t12-,13-,15-,17+. The number of aromatic nitrogens is 3. The molecule has 0 spiro atoms. The highest BCUT2D eigenvalue weighted by Crippen LogP contribution is 2.42. The van der Waals surface area contributed by atoms with Crippen molar-refractivity contribution in [2.75, 3.05) is 5.32 Å². The SMILES string of the molecule is O=C(Nc1ccc2cc(Cl)ccc2n1)[C@H]1CC[C@H](c2nnc([C@H]3C[C@@H](OC(F)(F)F)C3)o2)CC1. The number of hydrogen-bond acceptors (Lipinski definition) is 6. The Labute approximate surface area is 198 Å². The van der Waals surface area contributed by atoms with Crippen LogP contribution >= 0.6 is 11.6 Å². The fourth-order valence-electron chi connectivity index (χ4n) is 4.63. The van der Waals surface area contributed by atoms with Crippen molar-refractivity contribution in [3.05, 3.63) is 47.1 Å². The van der Waals surface area contributed by atoms with Crippen LogP contribution < -0.4 is 5.32 Å². The monoisotopic (exact) mass is 494 g/mol. The van der Waals surface area contributed by atoms with Crippen molar-refractivity contribution in [3.8, 4) is 0 Å². The Bertz CT molecular complexity index is 1190. The Hall–Kier alpha value is -2.72. The summed E-state index contributed by atoms with van der Waals surface area (Å²) in [4.78, 5) is 17.2. The Balaban J connectivity index is 1.12. The van der Waals surface area contributed by atoms with Crippen LogP contribution in [0.1, 0.15) is 62.1 Å². The Kier molecular flexibility index (Phi) is 6.20. The zero-order chi connectivity index (χ0) is 23.9. The van der Waals surface area contributed by atoms with Gasteiger partial charge in [-0.3, -0.25) is 9.53 Å². The lowest BCUT2D eigenvalue weighted by Crippen LogP contribution is -2.34. The van der Waals surface area contributed by atoms with Gasteiger partial charge in [-0.1, -0.05) is 11.6 Å². The van der Waals surface area contributed by atoms with E-state index in [-0.39, 0.29) is 36.5 Å². The van der Waals surface area contributed by atoms with E-state index in [2.05, 4.69) is 25.2 Å². The highest BCUT2D eigenvalue weighted by atomic mass is 35.5. The molecule has 34 heavy (non-hydrogen) atoms. The molecule has 2 heterocycles. The van der Waals surface area contributed by atoms with Gasteiger partial charge in [-0.05, 0) is 68.9 Å². The number of ether oxygens (including phenoxy) is 1. The molecular weight excluding hydrogens is 473 g/mol. The number of fused-ring (bicyclic) bond motifs is 1. The van der Waals surface area contributed by atoms with Crippen molar-refractivity contribution in [1.82, 2.24) is 15.2 Å². The molecule has 2 aliphatic rings. The molecule has 5 rings (SSSR count). The highest BCUT2D eigenvalue weighted by molar-refractivity contribution is 6.31. The Morgan fingerprint density at radius 2 is 1.74 bits per heavy atom. The van der Waals surface area contributed by atoms with Gasteiger partial charge in [-0.25, -0.2) is 4.98 Å². The number of nitrogens with zero attached hydrogens (tertiary/aromatic N) is 3. The van der Waals surface area contributed by atoms with Gasteiger partial charge in [0.15, 0.2) is 0 Å². The van der Waals surface area contributed by atoms with Gasteiger partial charge in [-0.2, -0.15) is 0 Å². The molecule has 1 aromatic carbocycles. The van der Waals surface area contributed by atoms with E-state index in [1.807, 2.05) is 18.2 Å². The lowest BCUT2D eigenvalue weighted by Gasteiger charge is -2.32. The van der Waals surface area contributed by atoms with Crippen LogP contribution in [-0.2, 0) is 9.53 Å². The Morgan fingerprint density at radius 3 is 2.44 bits per heavy atom. The van der Waals surface area contributed by atoms with Gasteiger partial charge in [0.25, 0.3) is 0 Å². The molecule has 0 radical (unpaired) electrons. The number of carbonyl (C=O) groups excluding carboxylic acids is 1. The summed E-state index contributed by atoms with van der Waals surface area (Å²) < 4.78 is 46.6. The minimum atomic E-state index is -4.63. The number of alkyl halides is 3. The van der Waals surface area contributed by atoms with Crippen LogP contribution in [0, 0.1) is 5.92 Å². The molecule has 0 atom stereocenters. The number of hydrogen-bond donors (Lipinski definition) is 1. The first-order chi connectivity index (χ1) is 16.2. The number of anilines is 1. The zero-order valence-corrected chi connectivity index (χ0v) is 18.8. The summed E-state index contributed by atoms with van der Waals surface area (Å²) in [6.07, 6.45) is -2.29. The normalized spacial score (nSPS) is 25.2. The number of rotatable bonds is 5. The minimum Gasteiger partial charge on any atom is -0.425 e. The third-order valence-corrected chi connectivity index (χ3v) is 6.79. The highest BCUT2D eigenvalue weighted by Gasteiger charge is 2.42. The molecule has 0 saturated heterocycles. The predicted molar refractivity (Wildman–Crippen MR) is 117 cm³/mol. The molecule has 7 nitrogen and oxygen atoms in total. The van der Waals surface area contributed by atoms with Crippen molar-refractivity contribution in [2.45, 2.75) is 62.8 Å². The topological polar surface area (TPSA) is 90.1 Å². The van der Waals surface area contributed by atoms with Crippen molar-refractivity contribution in [2.24, 2.45) is 5.92 Å². The molecule has 1 N–H and O–H groups in total. The van der Waals surface area contributed by atoms with E-state index < -0.39 is 12.5 Å². The second-order valence-corrected chi connectivity index (χ2v) is 9.34. The molecule has 2 saturated carbocycles. The van der Waals surface area contributed by atoms with Crippen molar-refractivity contribution in [1.29, 1.82) is 0 Å². The quantitative estimate of drug-likeness (QED) is 0.470. The summed E-state index contributed by atoms with van der Waals surface area (Å²) in [7, 11) is 0. The van der Waals surface area contributed by atoms with Gasteiger partial charge in [-0.15, -0.1) is 23.4 Å². The van der Waals surface area contributed by atoms with Crippen LogP contribution in [0.2, 0.25) is 5.02 Å². The third kappa shape index (κ3) is 5.17. The summed E-state index contributed by atoms with van der Waals surface area (Å²) in [5, 5.41) is 12.6. The van der Waals surface area contributed by atoms with Gasteiger partial charge in [0.1, 0.15) is 5.82 Å². The molecule has 1 amide bonds. The summed E-state index contributed by atoms with van der Waals surface area (Å²) in [5.74, 6) is 0.961. The largest absolute Gasteiger partial charge is 0.522 e. The zero-order valence-electron chi connectivity index (χ0n) is 18.0. The van der Waals surface area contributed by atoms with Crippen LogP contribution in [0.3, 0.4) is 0 Å². The molecule has 0 unspecified atom stereocenters. The van der Waals surface area contributed by atoms with Crippen LogP contribution in [0.5, 0.6) is 0 Å². The fraction of sp³-hybridized carbons (Fsp3) is 0.478. The summed E-state index contributed by atoms with van der Waals surface area (Å²) >= 11 is 6.00. The van der Waals surface area contributed by atoms with Crippen molar-refractivity contribution >= 4 is 34.2 Å². The van der Waals surface area contributed by atoms with Gasteiger partial charge < -0.3 is 9.73 Å². The third-order valence-electron chi connectivity index (χ3n) is 6.55. The number of pyridine rings is 1. The molecule has 3 aromatic rings. The number of amides is 1. The van der Waals surface area contributed by atoms with Crippen LogP contribution in [0.25, 0.3) is 10.9 Å². The van der Waals surface area contributed by atoms with Gasteiger partial charge in [0, 0.05) is 28.2 Å². The van der Waals surface area contributed by atoms with Crippen LogP contribution in [0.4, 0.5) is 19.0 Å². The number of benzene rings is 1. The molecule has 0 bridgehead atoms. The van der Waals surface area contributed by atoms with E-state index in [1.54, 1.807) is 12.1 Å². The smallest absolute Gasteiger partial charge is 0.425 e. The maximum atomic E-state index is 12.8. The first-order valence-electron chi connectivity index (χ1n) is 11.2. The Morgan fingerprint density at radius 1 is 1.03 bits per heavy atom. The second-order valence-electron chi connectivity index (χ2n) is 8.90. The molecular formula is C23H22ClF3N4O3. The lowest BCUT2D eigenvalue weighted by molar-refractivity contribution is -0.352. The summed E-state index contributed by atoms with van der Waals surface area (Å²) in [6, 6.07) is 9.01. The first-order valence-corrected chi connectivity index (χ1v) is 11.6. The average molecular weight is 495 g/mol. The van der Waals surface area contributed by atoms with E-state index in [1.165, 1.54) is 0 Å². The average Bonchev–Trinajstić information content (AvgIpc) is 3.25. The van der Waals surface area contributed by atoms with Crippen LogP contribution in [0.15, 0.2) is 34.7 Å². The second kappa shape index (κ2) is 9.14.